The number of hydrogen-bond acceptors (Lipinski definition) is 3. The molecular formula is C13H20N2O. The maximum Gasteiger partial charge on any atom is 0.144 e. The highest BCUT2D eigenvalue weighted by molar-refractivity contribution is 5.78. The molecule has 0 aliphatic carbocycles. The van der Waals surface area contributed by atoms with Crippen LogP contribution in [0.1, 0.15) is 20.3 Å². The van der Waals surface area contributed by atoms with Crippen LogP contribution >= 0.6 is 0 Å². The van der Waals surface area contributed by atoms with Gasteiger partial charge in [0, 0.05) is 19.6 Å². The quantitative estimate of drug-likeness (QED) is 0.844. The lowest BCUT2D eigenvalue weighted by Gasteiger charge is -2.32. The number of nitrogens with one attached hydrogen (secondary N) is 1. The Hall–Kier alpha value is -1.38. The Kier molecular flexibility index (Phi) is 3.54. The number of anilines is 2. The van der Waals surface area contributed by atoms with Gasteiger partial charge in [0.1, 0.15) is 11.4 Å². The van der Waals surface area contributed by atoms with Crippen LogP contribution in [0.2, 0.25) is 0 Å². The summed E-state index contributed by atoms with van der Waals surface area (Å²) in [5.74, 6) is 0.973. The van der Waals surface area contributed by atoms with Crippen LogP contribution < -0.4 is 15.0 Å². The smallest absolute Gasteiger partial charge is 0.144 e. The van der Waals surface area contributed by atoms with Gasteiger partial charge in [-0.25, -0.2) is 0 Å². The Morgan fingerprint density at radius 1 is 1.38 bits per heavy atom. The van der Waals surface area contributed by atoms with Gasteiger partial charge in [-0.15, -0.1) is 0 Å². The summed E-state index contributed by atoms with van der Waals surface area (Å²) in [5, 5.41) is 3.44. The molecule has 0 spiro atoms. The van der Waals surface area contributed by atoms with Gasteiger partial charge in [-0.3, -0.25) is 0 Å². The molecule has 1 aromatic carbocycles. The summed E-state index contributed by atoms with van der Waals surface area (Å²) in [4.78, 5) is 2.42. The monoisotopic (exact) mass is 220 g/mol. The van der Waals surface area contributed by atoms with E-state index in [9.17, 15) is 0 Å². The van der Waals surface area contributed by atoms with E-state index < -0.39 is 0 Å². The van der Waals surface area contributed by atoms with Crippen molar-refractivity contribution >= 4 is 11.4 Å². The van der Waals surface area contributed by atoms with Gasteiger partial charge in [0.25, 0.3) is 0 Å². The van der Waals surface area contributed by atoms with Crippen molar-refractivity contribution in [1.82, 2.24) is 0 Å². The van der Waals surface area contributed by atoms with Crippen molar-refractivity contribution in [2.24, 2.45) is 0 Å². The highest BCUT2D eigenvalue weighted by Gasteiger charge is 2.18. The minimum absolute atomic E-state index is 0.714. The fraction of sp³-hybridized carbons (Fsp3) is 0.538. The number of para-hydroxylation sites is 1. The van der Waals surface area contributed by atoms with E-state index in [1.54, 1.807) is 0 Å². The van der Waals surface area contributed by atoms with Crippen LogP contribution in [0.15, 0.2) is 18.2 Å². The first kappa shape index (κ1) is 11.1. The SMILES string of the molecule is CCCN1CCNc2c(OCC)cccc21. The van der Waals surface area contributed by atoms with Crippen molar-refractivity contribution in [3.8, 4) is 5.75 Å². The molecule has 3 heteroatoms. The molecule has 88 valence electrons. The van der Waals surface area contributed by atoms with E-state index in [2.05, 4.69) is 29.3 Å². The third-order valence-corrected chi connectivity index (χ3v) is 2.82. The summed E-state index contributed by atoms with van der Waals surface area (Å²) < 4.78 is 5.64. The Balaban J connectivity index is 2.30. The molecule has 2 rings (SSSR count). The highest BCUT2D eigenvalue weighted by Crippen LogP contribution is 2.37. The van der Waals surface area contributed by atoms with E-state index in [1.165, 1.54) is 12.1 Å². The summed E-state index contributed by atoms with van der Waals surface area (Å²) in [5.41, 5.74) is 2.43. The predicted octanol–water partition coefficient (Wildman–Crippen LogP) is 2.73. The van der Waals surface area contributed by atoms with E-state index in [4.69, 9.17) is 4.74 Å². The molecule has 0 aromatic heterocycles. The van der Waals surface area contributed by atoms with Crippen LogP contribution in [-0.4, -0.2) is 26.2 Å². The van der Waals surface area contributed by atoms with Gasteiger partial charge in [0.15, 0.2) is 0 Å². The van der Waals surface area contributed by atoms with Gasteiger partial charge in [-0.2, -0.15) is 0 Å². The molecule has 0 unspecified atom stereocenters. The normalized spacial score (nSPS) is 14.2. The molecule has 0 saturated carbocycles. The van der Waals surface area contributed by atoms with E-state index in [0.717, 1.165) is 31.1 Å². The number of hydrogen-bond donors (Lipinski definition) is 1. The van der Waals surface area contributed by atoms with Crippen molar-refractivity contribution < 1.29 is 4.74 Å². The van der Waals surface area contributed by atoms with Gasteiger partial charge < -0.3 is 15.0 Å². The predicted molar refractivity (Wildman–Crippen MR) is 68.6 cm³/mol. The average molecular weight is 220 g/mol. The lowest BCUT2D eigenvalue weighted by Crippen LogP contribution is -2.34. The standard InChI is InChI=1S/C13H20N2O/c1-3-9-15-10-8-14-13-11(15)6-5-7-12(13)16-4-2/h5-7,14H,3-4,8-10H2,1-2H3. The van der Waals surface area contributed by atoms with Crippen LogP contribution in [0.5, 0.6) is 5.75 Å². The fourth-order valence-corrected chi connectivity index (χ4v) is 2.18. The molecule has 1 aliphatic rings. The first-order valence-corrected chi connectivity index (χ1v) is 6.11. The topological polar surface area (TPSA) is 24.5 Å². The largest absolute Gasteiger partial charge is 0.492 e. The van der Waals surface area contributed by atoms with Crippen LogP contribution in [-0.2, 0) is 0 Å². The van der Waals surface area contributed by atoms with Crippen molar-refractivity contribution in [3.05, 3.63) is 18.2 Å². The van der Waals surface area contributed by atoms with Gasteiger partial charge in [-0.05, 0) is 25.5 Å². The maximum absolute atomic E-state index is 5.64. The summed E-state index contributed by atoms with van der Waals surface area (Å²) in [7, 11) is 0. The molecule has 1 N–H and O–H groups in total. The molecule has 0 amide bonds. The molecule has 1 aromatic rings. The van der Waals surface area contributed by atoms with Crippen molar-refractivity contribution in [3.63, 3.8) is 0 Å². The minimum atomic E-state index is 0.714. The van der Waals surface area contributed by atoms with E-state index in [-0.39, 0.29) is 0 Å². The molecular weight excluding hydrogens is 200 g/mol. The lowest BCUT2D eigenvalue weighted by atomic mass is 10.1. The molecule has 0 saturated heterocycles. The minimum Gasteiger partial charge on any atom is -0.492 e. The Morgan fingerprint density at radius 3 is 3.00 bits per heavy atom. The zero-order valence-electron chi connectivity index (χ0n) is 10.1. The second-order valence-corrected chi connectivity index (χ2v) is 4.00. The fourth-order valence-electron chi connectivity index (χ4n) is 2.18. The van der Waals surface area contributed by atoms with Crippen LogP contribution in [0.3, 0.4) is 0 Å². The van der Waals surface area contributed by atoms with Crippen LogP contribution in [0.25, 0.3) is 0 Å². The molecule has 0 fully saturated rings. The van der Waals surface area contributed by atoms with Crippen LogP contribution in [0.4, 0.5) is 11.4 Å². The maximum atomic E-state index is 5.64. The Morgan fingerprint density at radius 2 is 2.25 bits per heavy atom. The first-order chi connectivity index (χ1) is 7.86. The zero-order valence-corrected chi connectivity index (χ0v) is 10.1. The van der Waals surface area contributed by atoms with Gasteiger partial charge in [0.05, 0.1) is 12.3 Å². The third kappa shape index (κ3) is 2.08. The van der Waals surface area contributed by atoms with Gasteiger partial charge in [0.2, 0.25) is 0 Å². The van der Waals surface area contributed by atoms with Crippen molar-refractivity contribution in [1.29, 1.82) is 0 Å². The molecule has 3 nitrogen and oxygen atoms in total. The molecule has 0 bridgehead atoms. The Labute approximate surface area is 97.4 Å². The summed E-state index contributed by atoms with van der Waals surface area (Å²) >= 11 is 0. The lowest BCUT2D eigenvalue weighted by molar-refractivity contribution is 0.341. The third-order valence-electron chi connectivity index (χ3n) is 2.82. The van der Waals surface area contributed by atoms with E-state index in [1.807, 2.05) is 13.0 Å². The number of benzene rings is 1. The number of fused-ring (bicyclic) bond motifs is 1. The van der Waals surface area contributed by atoms with Crippen LogP contribution in [0, 0.1) is 0 Å². The summed E-state index contributed by atoms with van der Waals surface area (Å²) in [6.45, 7) is 8.14. The highest BCUT2D eigenvalue weighted by atomic mass is 16.5. The second kappa shape index (κ2) is 5.10. The molecule has 0 atom stereocenters. The zero-order chi connectivity index (χ0) is 11.4. The average Bonchev–Trinajstić information content (AvgIpc) is 2.31. The molecule has 1 aliphatic heterocycles. The van der Waals surface area contributed by atoms with Gasteiger partial charge in [-0.1, -0.05) is 13.0 Å². The number of rotatable bonds is 4. The second-order valence-electron chi connectivity index (χ2n) is 4.00. The summed E-state index contributed by atoms with van der Waals surface area (Å²) in [6.07, 6.45) is 1.18. The Bertz CT molecular complexity index is 352. The number of ether oxygens (including phenoxy) is 1. The van der Waals surface area contributed by atoms with Crippen molar-refractivity contribution in [2.45, 2.75) is 20.3 Å². The van der Waals surface area contributed by atoms with E-state index in [0.29, 0.717) is 6.61 Å². The molecule has 1 heterocycles. The molecule has 0 radical (unpaired) electrons. The first-order valence-electron chi connectivity index (χ1n) is 6.11. The number of nitrogens with zero attached hydrogens (tertiary/aromatic N) is 1. The van der Waals surface area contributed by atoms with Gasteiger partial charge >= 0.3 is 0 Å². The van der Waals surface area contributed by atoms with Crippen molar-refractivity contribution in [2.75, 3.05) is 36.5 Å². The molecule has 16 heavy (non-hydrogen) atoms. The van der Waals surface area contributed by atoms with E-state index >= 15 is 0 Å². The summed E-state index contributed by atoms with van der Waals surface area (Å²) in [6, 6.07) is 6.27.